The van der Waals surface area contributed by atoms with Gasteiger partial charge in [-0.3, -0.25) is 14.4 Å². The highest BCUT2D eigenvalue weighted by molar-refractivity contribution is 8.14. The van der Waals surface area contributed by atoms with Crippen molar-refractivity contribution < 1.29 is 14.4 Å². The Morgan fingerprint density at radius 3 is 2.39 bits per heavy atom. The largest absolute Gasteiger partial charge is 0.328 e. The van der Waals surface area contributed by atoms with E-state index in [0.717, 1.165) is 61.6 Å². The highest BCUT2D eigenvalue weighted by atomic mass is 32.2. The van der Waals surface area contributed by atoms with Crippen LogP contribution in [0, 0.1) is 11.3 Å². The summed E-state index contributed by atoms with van der Waals surface area (Å²) in [5, 5.41) is 3.16. The van der Waals surface area contributed by atoms with E-state index in [-0.39, 0.29) is 22.3 Å². The van der Waals surface area contributed by atoms with Crippen LogP contribution in [-0.2, 0) is 9.59 Å². The van der Waals surface area contributed by atoms with Gasteiger partial charge in [-0.05, 0) is 80.5 Å². The van der Waals surface area contributed by atoms with Crippen molar-refractivity contribution in [3.63, 3.8) is 0 Å². The minimum atomic E-state index is -0.456. The van der Waals surface area contributed by atoms with Gasteiger partial charge in [0.15, 0.2) is 0 Å². The molecule has 1 unspecified atom stereocenters. The molecule has 1 saturated heterocycles. The zero-order chi connectivity index (χ0) is 25.5. The minimum Gasteiger partial charge on any atom is -0.328 e. The first kappa shape index (κ1) is 26.5. The Kier molecular flexibility index (Phi) is 8.89. The van der Waals surface area contributed by atoms with Crippen LogP contribution < -0.4 is 5.32 Å². The van der Waals surface area contributed by atoms with Gasteiger partial charge in [-0.2, -0.15) is 0 Å². The molecule has 1 heterocycles. The molecular weight excluding hydrogens is 468 g/mol. The van der Waals surface area contributed by atoms with E-state index < -0.39 is 6.04 Å². The Labute approximate surface area is 219 Å². The third kappa shape index (κ3) is 6.20. The van der Waals surface area contributed by atoms with Gasteiger partial charge in [0.05, 0.1) is 5.69 Å². The van der Waals surface area contributed by atoms with E-state index in [9.17, 15) is 14.4 Å². The second-order valence-electron chi connectivity index (χ2n) is 10.7. The van der Waals surface area contributed by atoms with Gasteiger partial charge < -0.3 is 10.2 Å². The van der Waals surface area contributed by atoms with Crippen molar-refractivity contribution in [3.8, 4) is 0 Å². The number of amides is 2. The van der Waals surface area contributed by atoms with Crippen LogP contribution in [0.15, 0.2) is 59.5 Å². The van der Waals surface area contributed by atoms with E-state index in [2.05, 4.69) is 19.2 Å². The van der Waals surface area contributed by atoms with Crippen molar-refractivity contribution in [1.29, 1.82) is 0 Å². The normalized spacial score (nSPS) is 19.3. The Morgan fingerprint density at radius 2 is 1.67 bits per heavy atom. The summed E-state index contributed by atoms with van der Waals surface area (Å²) in [6.07, 6.45) is 8.65. The molecule has 1 aliphatic carbocycles. The van der Waals surface area contributed by atoms with Crippen molar-refractivity contribution in [3.05, 3.63) is 60.2 Å². The molecule has 2 aromatic carbocycles. The van der Waals surface area contributed by atoms with Crippen molar-refractivity contribution in [2.24, 2.45) is 11.3 Å². The van der Waals surface area contributed by atoms with E-state index in [1.807, 2.05) is 42.5 Å². The third-order valence-electron chi connectivity index (χ3n) is 7.64. The predicted octanol–water partition coefficient (Wildman–Crippen LogP) is 6.94. The summed E-state index contributed by atoms with van der Waals surface area (Å²) in [7, 11) is 0. The first-order valence-corrected chi connectivity index (χ1v) is 14.2. The number of para-hydroxylation sites is 1. The molecule has 0 spiro atoms. The molecule has 2 aliphatic rings. The predicted molar refractivity (Wildman–Crippen MR) is 146 cm³/mol. The smallest absolute Gasteiger partial charge is 0.254 e. The molecule has 2 fully saturated rings. The standard InChI is InChI=1S/C30H38N2O3S/c1-22(2)17-20-30(18-9-4-10-19-30)29(35)31-24-14-7-8-16-26(24)36-28(34)25-15-11-21-32(25)27(33)23-12-5-3-6-13-23/h3,5-8,12-14,16,22,25H,4,9-11,15,17-21H2,1-2H3,(H,31,35). The SMILES string of the molecule is CC(C)CCC1(C(=O)Nc2ccccc2SC(=O)C2CCCN2C(=O)c2ccccc2)CCCCC1. The number of nitrogens with zero attached hydrogens (tertiary/aromatic N) is 1. The molecule has 6 heteroatoms. The first-order chi connectivity index (χ1) is 17.4. The maximum Gasteiger partial charge on any atom is 0.254 e. The molecule has 5 nitrogen and oxygen atoms in total. The number of anilines is 1. The molecule has 1 N–H and O–H groups in total. The second-order valence-corrected chi connectivity index (χ2v) is 11.7. The van der Waals surface area contributed by atoms with E-state index >= 15 is 0 Å². The van der Waals surface area contributed by atoms with Gasteiger partial charge in [0.2, 0.25) is 11.0 Å². The number of carbonyl (C=O) groups is 3. The van der Waals surface area contributed by atoms with Gasteiger partial charge in [-0.25, -0.2) is 0 Å². The molecule has 1 atom stereocenters. The van der Waals surface area contributed by atoms with Crippen LogP contribution in [0.4, 0.5) is 5.69 Å². The number of nitrogens with one attached hydrogen (secondary N) is 1. The number of rotatable bonds is 8. The Morgan fingerprint density at radius 1 is 0.972 bits per heavy atom. The quantitative estimate of drug-likeness (QED) is 0.394. The fourth-order valence-electron chi connectivity index (χ4n) is 5.48. The zero-order valence-electron chi connectivity index (χ0n) is 21.5. The summed E-state index contributed by atoms with van der Waals surface area (Å²) in [6.45, 7) is 5.00. The highest BCUT2D eigenvalue weighted by Gasteiger charge is 2.40. The molecule has 1 aliphatic heterocycles. The van der Waals surface area contributed by atoms with E-state index in [1.54, 1.807) is 17.0 Å². The van der Waals surface area contributed by atoms with Crippen molar-refractivity contribution in [1.82, 2.24) is 4.90 Å². The van der Waals surface area contributed by atoms with Crippen molar-refractivity contribution in [2.45, 2.75) is 82.6 Å². The highest BCUT2D eigenvalue weighted by Crippen LogP contribution is 2.43. The van der Waals surface area contributed by atoms with Crippen LogP contribution in [0.3, 0.4) is 0 Å². The fourth-order valence-corrected chi connectivity index (χ4v) is 6.45. The molecule has 0 aromatic heterocycles. The van der Waals surface area contributed by atoms with Gasteiger partial charge in [-0.1, -0.05) is 63.4 Å². The number of hydrogen-bond donors (Lipinski definition) is 1. The number of carbonyl (C=O) groups excluding carboxylic acids is 3. The van der Waals surface area contributed by atoms with Crippen LogP contribution in [-0.4, -0.2) is 34.4 Å². The molecule has 2 amide bonds. The lowest BCUT2D eigenvalue weighted by atomic mass is 9.69. The van der Waals surface area contributed by atoms with E-state index in [4.69, 9.17) is 0 Å². The van der Waals surface area contributed by atoms with Crippen molar-refractivity contribution in [2.75, 3.05) is 11.9 Å². The van der Waals surface area contributed by atoms with Crippen LogP contribution in [0.2, 0.25) is 0 Å². The third-order valence-corrected chi connectivity index (χ3v) is 8.69. The Bertz CT molecular complexity index is 1060. The summed E-state index contributed by atoms with van der Waals surface area (Å²) in [4.78, 5) is 42.5. The van der Waals surface area contributed by atoms with Gasteiger partial charge in [0.1, 0.15) is 6.04 Å². The van der Waals surface area contributed by atoms with Gasteiger partial charge in [-0.15, -0.1) is 0 Å². The second kappa shape index (κ2) is 12.1. The Balaban J connectivity index is 1.47. The summed E-state index contributed by atoms with van der Waals surface area (Å²) in [5.41, 5.74) is 0.970. The molecular formula is C30H38N2O3S. The van der Waals surface area contributed by atoms with Gasteiger partial charge in [0.25, 0.3) is 5.91 Å². The molecule has 192 valence electrons. The summed E-state index contributed by atoms with van der Waals surface area (Å²) < 4.78 is 0. The molecule has 0 radical (unpaired) electrons. The van der Waals surface area contributed by atoms with E-state index in [1.165, 1.54) is 6.42 Å². The number of thioether (sulfide) groups is 1. The van der Waals surface area contributed by atoms with Gasteiger partial charge in [0, 0.05) is 22.4 Å². The molecule has 4 rings (SSSR count). The lowest BCUT2D eigenvalue weighted by Crippen LogP contribution is -2.39. The van der Waals surface area contributed by atoms with Crippen LogP contribution in [0.5, 0.6) is 0 Å². The molecule has 36 heavy (non-hydrogen) atoms. The maximum atomic E-state index is 13.6. The lowest BCUT2D eigenvalue weighted by molar-refractivity contribution is -0.128. The molecule has 0 bridgehead atoms. The minimum absolute atomic E-state index is 0.0503. The molecule has 1 saturated carbocycles. The number of benzene rings is 2. The summed E-state index contributed by atoms with van der Waals surface area (Å²) in [5.74, 6) is 0.549. The van der Waals surface area contributed by atoms with Crippen molar-refractivity contribution >= 4 is 34.4 Å². The monoisotopic (exact) mass is 506 g/mol. The molecule has 2 aromatic rings. The van der Waals surface area contributed by atoms with Crippen LogP contribution in [0.25, 0.3) is 0 Å². The van der Waals surface area contributed by atoms with Crippen LogP contribution in [0.1, 0.15) is 82.0 Å². The zero-order valence-corrected chi connectivity index (χ0v) is 22.3. The van der Waals surface area contributed by atoms with Gasteiger partial charge >= 0.3 is 0 Å². The number of hydrogen-bond acceptors (Lipinski definition) is 4. The summed E-state index contributed by atoms with van der Waals surface area (Å²) >= 11 is 1.14. The Hall–Kier alpha value is -2.60. The van der Waals surface area contributed by atoms with Crippen LogP contribution >= 0.6 is 11.8 Å². The lowest BCUT2D eigenvalue weighted by Gasteiger charge is -2.36. The summed E-state index contributed by atoms with van der Waals surface area (Å²) in [6, 6.07) is 16.2. The topological polar surface area (TPSA) is 66.5 Å². The first-order valence-electron chi connectivity index (χ1n) is 13.4. The number of likely N-dealkylation sites (tertiary alicyclic amines) is 1. The van der Waals surface area contributed by atoms with E-state index in [0.29, 0.717) is 30.1 Å². The fraction of sp³-hybridized carbons (Fsp3) is 0.500. The average molecular weight is 507 g/mol. The maximum absolute atomic E-state index is 13.6. The average Bonchev–Trinajstić information content (AvgIpc) is 3.39.